The van der Waals surface area contributed by atoms with Gasteiger partial charge in [0.2, 0.25) is 10.0 Å². The number of rotatable bonds is 9. The summed E-state index contributed by atoms with van der Waals surface area (Å²) in [7, 11) is -4.11. The van der Waals surface area contributed by atoms with Crippen molar-refractivity contribution in [3.05, 3.63) is 57.5 Å². The van der Waals surface area contributed by atoms with Crippen LogP contribution in [-0.4, -0.2) is 45.5 Å². The number of hydrazine groups is 1. The monoisotopic (exact) mass is 537 g/mol. The van der Waals surface area contributed by atoms with Crippen LogP contribution < -0.4 is 20.3 Å². The van der Waals surface area contributed by atoms with Gasteiger partial charge in [-0.05, 0) is 49.4 Å². The molecule has 0 radical (unpaired) electrons. The molecule has 0 aliphatic carbocycles. The number of benzene rings is 2. The van der Waals surface area contributed by atoms with Gasteiger partial charge in [0.05, 0.1) is 14.9 Å². The zero-order valence-electron chi connectivity index (χ0n) is 16.9. The first-order chi connectivity index (χ1) is 15.5. The van der Waals surface area contributed by atoms with Gasteiger partial charge in [0.15, 0.2) is 13.2 Å². The van der Waals surface area contributed by atoms with Crippen molar-refractivity contribution in [3.63, 3.8) is 0 Å². The molecule has 2 aromatic carbocycles. The Labute approximate surface area is 204 Å². The summed E-state index contributed by atoms with van der Waals surface area (Å²) < 4.78 is 36.7. The van der Waals surface area contributed by atoms with Crippen molar-refractivity contribution < 1.29 is 32.3 Å². The van der Waals surface area contributed by atoms with E-state index in [1.807, 2.05) is 5.43 Å². The molecule has 1 atom stereocenters. The van der Waals surface area contributed by atoms with Gasteiger partial charge < -0.3 is 9.47 Å². The predicted molar refractivity (Wildman–Crippen MR) is 120 cm³/mol. The first-order valence-corrected chi connectivity index (χ1v) is 11.7. The lowest BCUT2D eigenvalue weighted by Crippen LogP contribution is -2.46. The molecular weight excluding hydrogens is 521 g/mol. The molecular formula is C19H18Cl3N3O7S. The number of carbonyl (C=O) groups excluding carboxylic acids is 3. The van der Waals surface area contributed by atoms with Crippen LogP contribution in [0, 0.1) is 0 Å². The third-order valence-corrected chi connectivity index (χ3v) is 6.29. The minimum atomic E-state index is -4.11. The molecule has 2 rings (SSSR count). The Balaban J connectivity index is 1.73. The lowest BCUT2D eigenvalue weighted by molar-refractivity contribution is -0.150. The molecule has 0 aromatic heterocycles. The minimum Gasteiger partial charge on any atom is -0.484 e. The summed E-state index contributed by atoms with van der Waals surface area (Å²) in [6.45, 7) is 0.0659. The highest BCUT2D eigenvalue weighted by Crippen LogP contribution is 2.24. The summed E-state index contributed by atoms with van der Waals surface area (Å²) in [6, 6.07) is 8.58. The van der Waals surface area contributed by atoms with Gasteiger partial charge in [-0.15, -0.1) is 0 Å². The van der Waals surface area contributed by atoms with E-state index in [1.165, 1.54) is 19.1 Å². The standard InChI is InChI=1S/C19H18Cl3N3O7S/c1-11(25-33(29,30)14-6-7-15(21)16(22)8-14)19(28)32-10-18(27)24-23-17(26)9-31-13-4-2-12(20)3-5-13/h2-8,11,25H,9-10H2,1H3,(H,23,26)(H,24,27)/t11-/m0/s1. The second-order valence-corrected chi connectivity index (χ2v) is 9.33. The van der Waals surface area contributed by atoms with E-state index in [0.29, 0.717) is 10.8 Å². The Morgan fingerprint density at radius 2 is 1.52 bits per heavy atom. The van der Waals surface area contributed by atoms with Crippen molar-refractivity contribution in [3.8, 4) is 5.75 Å². The maximum absolute atomic E-state index is 12.3. The van der Waals surface area contributed by atoms with Crippen LogP contribution in [0.25, 0.3) is 0 Å². The van der Waals surface area contributed by atoms with Crippen LogP contribution in [0.4, 0.5) is 0 Å². The summed E-state index contributed by atoms with van der Waals surface area (Å²) in [6.07, 6.45) is 0. The fourth-order valence-corrected chi connectivity index (χ4v) is 3.85. The van der Waals surface area contributed by atoms with E-state index in [-0.39, 0.29) is 14.9 Å². The average molecular weight is 539 g/mol. The van der Waals surface area contributed by atoms with Gasteiger partial charge in [-0.25, -0.2) is 8.42 Å². The van der Waals surface area contributed by atoms with Crippen molar-refractivity contribution in [2.24, 2.45) is 0 Å². The highest BCUT2D eigenvalue weighted by Gasteiger charge is 2.24. The molecule has 0 unspecified atom stereocenters. The molecule has 2 aromatic rings. The van der Waals surface area contributed by atoms with E-state index in [0.717, 1.165) is 6.07 Å². The predicted octanol–water partition coefficient (Wildman–Crippen LogP) is 2.08. The summed E-state index contributed by atoms with van der Waals surface area (Å²) in [5.74, 6) is -2.16. The molecule has 0 fully saturated rings. The van der Waals surface area contributed by atoms with E-state index in [9.17, 15) is 22.8 Å². The number of hydrogen-bond donors (Lipinski definition) is 3. The van der Waals surface area contributed by atoms with Gasteiger partial charge >= 0.3 is 5.97 Å². The summed E-state index contributed by atoms with van der Waals surface area (Å²) in [4.78, 5) is 35.2. The fraction of sp³-hybridized carbons (Fsp3) is 0.211. The molecule has 3 N–H and O–H groups in total. The molecule has 178 valence electrons. The number of sulfonamides is 1. The minimum absolute atomic E-state index is 0.0204. The number of ether oxygens (including phenoxy) is 2. The van der Waals surface area contributed by atoms with Crippen LogP contribution in [-0.2, 0) is 29.1 Å². The third kappa shape index (κ3) is 8.71. The Kier molecular flexibility index (Phi) is 9.74. The Morgan fingerprint density at radius 1 is 0.909 bits per heavy atom. The second-order valence-electron chi connectivity index (χ2n) is 6.37. The van der Waals surface area contributed by atoms with E-state index in [2.05, 4.69) is 10.1 Å². The van der Waals surface area contributed by atoms with Crippen molar-refractivity contribution in [2.45, 2.75) is 17.9 Å². The second kappa shape index (κ2) is 12.1. The molecule has 0 saturated heterocycles. The molecule has 0 spiro atoms. The normalized spacial score (nSPS) is 11.9. The fourth-order valence-electron chi connectivity index (χ4n) is 2.15. The molecule has 14 heteroatoms. The molecule has 0 aliphatic heterocycles. The van der Waals surface area contributed by atoms with Gasteiger partial charge in [0, 0.05) is 5.02 Å². The smallest absolute Gasteiger partial charge is 0.324 e. The van der Waals surface area contributed by atoms with Gasteiger partial charge in [-0.3, -0.25) is 25.2 Å². The van der Waals surface area contributed by atoms with Crippen molar-refractivity contribution in [1.82, 2.24) is 15.6 Å². The Morgan fingerprint density at radius 3 is 2.12 bits per heavy atom. The molecule has 0 heterocycles. The van der Waals surface area contributed by atoms with E-state index < -0.39 is 47.1 Å². The van der Waals surface area contributed by atoms with Crippen LogP contribution in [0.2, 0.25) is 15.1 Å². The Hall–Kier alpha value is -2.57. The van der Waals surface area contributed by atoms with Crippen LogP contribution in [0.3, 0.4) is 0 Å². The zero-order valence-corrected chi connectivity index (χ0v) is 20.0. The van der Waals surface area contributed by atoms with Crippen molar-refractivity contribution >= 4 is 62.6 Å². The molecule has 0 aliphatic rings. The number of carbonyl (C=O) groups is 3. The van der Waals surface area contributed by atoms with Crippen LogP contribution in [0.15, 0.2) is 47.4 Å². The number of nitrogens with one attached hydrogen (secondary N) is 3. The van der Waals surface area contributed by atoms with Gasteiger partial charge in [0.1, 0.15) is 11.8 Å². The average Bonchev–Trinajstić information content (AvgIpc) is 2.77. The number of hydrogen-bond acceptors (Lipinski definition) is 7. The van der Waals surface area contributed by atoms with Crippen LogP contribution in [0.5, 0.6) is 5.75 Å². The SMILES string of the molecule is C[C@H](NS(=O)(=O)c1ccc(Cl)c(Cl)c1)C(=O)OCC(=O)NNC(=O)COc1ccc(Cl)cc1. The first-order valence-electron chi connectivity index (χ1n) is 9.08. The van der Waals surface area contributed by atoms with E-state index >= 15 is 0 Å². The molecule has 10 nitrogen and oxygen atoms in total. The van der Waals surface area contributed by atoms with Crippen molar-refractivity contribution in [2.75, 3.05) is 13.2 Å². The van der Waals surface area contributed by atoms with E-state index in [4.69, 9.17) is 44.3 Å². The summed E-state index contributed by atoms with van der Waals surface area (Å²) in [5, 5.41) is 0.690. The highest BCUT2D eigenvalue weighted by molar-refractivity contribution is 7.89. The van der Waals surface area contributed by atoms with Gasteiger partial charge in [-0.1, -0.05) is 34.8 Å². The highest BCUT2D eigenvalue weighted by atomic mass is 35.5. The number of esters is 1. The topological polar surface area (TPSA) is 140 Å². The molecule has 0 saturated carbocycles. The molecule has 2 amide bonds. The summed E-state index contributed by atoms with van der Waals surface area (Å²) >= 11 is 17.3. The number of amides is 2. The molecule has 33 heavy (non-hydrogen) atoms. The lowest BCUT2D eigenvalue weighted by atomic mass is 10.3. The maximum Gasteiger partial charge on any atom is 0.324 e. The first kappa shape index (κ1) is 26.7. The van der Waals surface area contributed by atoms with Crippen LogP contribution >= 0.6 is 34.8 Å². The quantitative estimate of drug-likeness (QED) is 0.328. The Bertz CT molecular complexity index is 1130. The van der Waals surface area contributed by atoms with Gasteiger partial charge in [-0.2, -0.15) is 4.72 Å². The maximum atomic E-state index is 12.3. The summed E-state index contributed by atoms with van der Waals surface area (Å²) in [5.41, 5.74) is 4.10. The third-order valence-electron chi connectivity index (χ3n) is 3.76. The van der Waals surface area contributed by atoms with Gasteiger partial charge in [0.25, 0.3) is 11.8 Å². The molecule has 0 bridgehead atoms. The largest absolute Gasteiger partial charge is 0.484 e. The van der Waals surface area contributed by atoms with E-state index in [1.54, 1.807) is 24.3 Å². The van der Waals surface area contributed by atoms with Crippen LogP contribution in [0.1, 0.15) is 6.92 Å². The number of halogens is 3. The zero-order chi connectivity index (χ0) is 24.6. The van der Waals surface area contributed by atoms with Crippen molar-refractivity contribution in [1.29, 1.82) is 0 Å². The lowest BCUT2D eigenvalue weighted by Gasteiger charge is -2.14.